The van der Waals surface area contributed by atoms with Crippen molar-refractivity contribution in [3.63, 3.8) is 0 Å². The third kappa shape index (κ3) is 12.1. The molecule has 0 heterocycles. The molecule has 0 saturated carbocycles. The fourth-order valence-electron chi connectivity index (χ4n) is 2.41. The van der Waals surface area contributed by atoms with Crippen LogP contribution in [0.1, 0.15) is 57.8 Å². The molecular formula is C17H30NO4P. The molecule has 0 spiro atoms. The van der Waals surface area contributed by atoms with Crippen LogP contribution in [-0.4, -0.2) is 22.6 Å². The first-order valence-corrected chi connectivity index (χ1v) is 10.3. The van der Waals surface area contributed by atoms with Gasteiger partial charge in [-0.1, -0.05) is 44.9 Å². The molecule has 0 atom stereocenters. The summed E-state index contributed by atoms with van der Waals surface area (Å²) in [6.45, 7) is 0.742. The molecule has 0 unspecified atom stereocenters. The smallest absolute Gasteiger partial charge is 0.325 e. The average molecular weight is 343 g/mol. The van der Waals surface area contributed by atoms with Crippen molar-refractivity contribution in [2.45, 2.75) is 57.8 Å². The second-order valence-corrected chi connectivity index (χ2v) is 7.76. The van der Waals surface area contributed by atoms with Gasteiger partial charge in [0.05, 0.1) is 6.61 Å². The van der Waals surface area contributed by atoms with Gasteiger partial charge in [0.25, 0.3) is 0 Å². The molecule has 0 aliphatic heterocycles. The highest BCUT2D eigenvalue weighted by molar-refractivity contribution is 7.51. The summed E-state index contributed by atoms with van der Waals surface area (Å²) < 4.78 is 16.3. The number of hydrogen-bond donors (Lipinski definition) is 3. The minimum atomic E-state index is -3.79. The van der Waals surface area contributed by atoms with E-state index in [0.717, 1.165) is 43.7 Å². The van der Waals surface area contributed by atoms with Gasteiger partial charge in [-0.25, -0.2) is 0 Å². The van der Waals surface area contributed by atoms with E-state index in [2.05, 4.69) is 0 Å². The molecule has 0 amide bonds. The molecule has 1 rings (SSSR count). The maximum absolute atomic E-state index is 10.7. The van der Waals surface area contributed by atoms with Crippen LogP contribution in [0.4, 0.5) is 5.69 Å². The lowest BCUT2D eigenvalue weighted by molar-refractivity contribution is 0.304. The van der Waals surface area contributed by atoms with Crippen LogP contribution < -0.4 is 10.5 Å². The first-order chi connectivity index (χ1) is 11.0. The average Bonchev–Trinajstić information content (AvgIpc) is 2.49. The number of unbranched alkanes of at least 4 members (excludes halogenated alkanes) is 8. The zero-order valence-electron chi connectivity index (χ0n) is 13.8. The van der Waals surface area contributed by atoms with Gasteiger partial charge in [0.1, 0.15) is 5.75 Å². The summed E-state index contributed by atoms with van der Waals surface area (Å²) in [5.41, 5.74) is 6.37. The second-order valence-electron chi connectivity index (χ2n) is 5.99. The van der Waals surface area contributed by atoms with Crippen molar-refractivity contribution in [2.24, 2.45) is 0 Å². The topological polar surface area (TPSA) is 92.8 Å². The van der Waals surface area contributed by atoms with E-state index >= 15 is 0 Å². The number of anilines is 1. The van der Waals surface area contributed by atoms with Crippen molar-refractivity contribution in [1.82, 2.24) is 0 Å². The number of nitrogens with two attached hydrogens (primary N) is 1. The van der Waals surface area contributed by atoms with Gasteiger partial charge >= 0.3 is 7.60 Å². The summed E-state index contributed by atoms with van der Waals surface area (Å²) in [4.78, 5) is 17.5. The van der Waals surface area contributed by atoms with Gasteiger partial charge in [0.2, 0.25) is 0 Å². The van der Waals surface area contributed by atoms with Crippen molar-refractivity contribution in [3.05, 3.63) is 24.3 Å². The van der Waals surface area contributed by atoms with E-state index in [4.69, 9.17) is 20.3 Å². The van der Waals surface area contributed by atoms with Crippen LogP contribution >= 0.6 is 7.60 Å². The summed E-state index contributed by atoms with van der Waals surface area (Å²) in [7, 11) is -3.79. The highest BCUT2D eigenvalue weighted by Gasteiger charge is 2.10. The minimum absolute atomic E-state index is 0.0288. The molecule has 5 nitrogen and oxygen atoms in total. The number of rotatable bonds is 13. The van der Waals surface area contributed by atoms with E-state index in [1.54, 1.807) is 0 Å². The molecule has 23 heavy (non-hydrogen) atoms. The first-order valence-electron chi connectivity index (χ1n) is 8.50. The zero-order chi connectivity index (χ0) is 17.0. The van der Waals surface area contributed by atoms with Crippen LogP contribution in [0.15, 0.2) is 24.3 Å². The fraction of sp³-hybridized carbons (Fsp3) is 0.647. The molecule has 0 aliphatic rings. The Morgan fingerprint density at radius 2 is 1.30 bits per heavy atom. The van der Waals surface area contributed by atoms with Crippen LogP contribution in [-0.2, 0) is 4.57 Å². The third-order valence-corrected chi connectivity index (χ3v) is 4.64. The lowest BCUT2D eigenvalue weighted by atomic mass is 10.1. The predicted octanol–water partition coefficient (Wildman–Crippen LogP) is 4.34. The van der Waals surface area contributed by atoms with Crippen molar-refractivity contribution < 1.29 is 19.1 Å². The first kappa shape index (κ1) is 20.0. The van der Waals surface area contributed by atoms with Gasteiger partial charge in [-0.3, -0.25) is 4.57 Å². The van der Waals surface area contributed by atoms with Crippen LogP contribution in [0.25, 0.3) is 0 Å². The normalized spacial score (nSPS) is 11.6. The van der Waals surface area contributed by atoms with Crippen LogP contribution in [0, 0.1) is 0 Å². The fourth-order valence-corrected chi connectivity index (χ4v) is 3.05. The largest absolute Gasteiger partial charge is 0.494 e. The summed E-state index contributed by atoms with van der Waals surface area (Å²) >= 11 is 0. The van der Waals surface area contributed by atoms with Crippen LogP contribution in [0.2, 0.25) is 0 Å². The van der Waals surface area contributed by atoms with E-state index in [1.807, 2.05) is 24.3 Å². The summed E-state index contributed by atoms with van der Waals surface area (Å²) in [5, 5.41) is 0. The maximum Gasteiger partial charge on any atom is 0.325 e. The SMILES string of the molecule is Nc1ccc(OCCCCCCCCCCCP(=O)(O)O)cc1. The van der Waals surface area contributed by atoms with E-state index < -0.39 is 7.60 Å². The van der Waals surface area contributed by atoms with Crippen molar-refractivity contribution >= 4 is 13.3 Å². The Morgan fingerprint density at radius 1 is 0.826 bits per heavy atom. The molecule has 0 fully saturated rings. The second kappa shape index (κ2) is 11.5. The van der Waals surface area contributed by atoms with Crippen molar-refractivity contribution in [3.8, 4) is 5.75 Å². The zero-order valence-corrected chi connectivity index (χ0v) is 14.7. The number of benzene rings is 1. The molecule has 1 aromatic rings. The van der Waals surface area contributed by atoms with E-state index in [9.17, 15) is 4.57 Å². The quantitative estimate of drug-likeness (QED) is 0.281. The molecular weight excluding hydrogens is 313 g/mol. The Balaban J connectivity index is 1.83. The predicted molar refractivity (Wildman–Crippen MR) is 94.8 cm³/mol. The Morgan fingerprint density at radius 3 is 1.83 bits per heavy atom. The molecule has 4 N–H and O–H groups in total. The molecule has 6 heteroatoms. The molecule has 1 aromatic carbocycles. The third-order valence-electron chi connectivity index (χ3n) is 3.74. The van der Waals surface area contributed by atoms with Gasteiger partial charge in [0, 0.05) is 11.8 Å². The standard InChI is InChI=1S/C17H30NO4P/c18-16-10-12-17(13-11-16)22-14-8-6-4-2-1-3-5-7-9-15-23(19,20)21/h10-13H,1-9,14-15,18H2,(H2,19,20,21). The summed E-state index contributed by atoms with van der Waals surface area (Å²) in [6, 6.07) is 7.47. The lowest BCUT2D eigenvalue weighted by Gasteiger charge is -2.06. The van der Waals surface area contributed by atoms with Crippen molar-refractivity contribution in [2.75, 3.05) is 18.5 Å². The Hall–Kier alpha value is -1.03. The van der Waals surface area contributed by atoms with E-state index in [1.165, 1.54) is 25.7 Å². The molecule has 132 valence electrons. The maximum atomic E-state index is 10.7. The highest BCUT2D eigenvalue weighted by Crippen LogP contribution is 2.35. The summed E-state index contributed by atoms with van der Waals surface area (Å²) in [5.74, 6) is 0.870. The van der Waals surface area contributed by atoms with Gasteiger partial charge in [-0.15, -0.1) is 0 Å². The number of ether oxygens (including phenoxy) is 1. The van der Waals surface area contributed by atoms with Gasteiger partial charge < -0.3 is 20.3 Å². The number of nitrogen functional groups attached to an aromatic ring is 1. The van der Waals surface area contributed by atoms with E-state index in [-0.39, 0.29) is 6.16 Å². The van der Waals surface area contributed by atoms with Gasteiger partial charge in [-0.05, 0) is 37.1 Å². The van der Waals surface area contributed by atoms with Gasteiger partial charge in [0.15, 0.2) is 0 Å². The summed E-state index contributed by atoms with van der Waals surface area (Å²) in [6.07, 6.45) is 9.68. The monoisotopic (exact) mass is 343 g/mol. The van der Waals surface area contributed by atoms with E-state index in [0.29, 0.717) is 6.42 Å². The minimum Gasteiger partial charge on any atom is -0.494 e. The molecule has 0 aromatic heterocycles. The lowest BCUT2D eigenvalue weighted by Crippen LogP contribution is -1.97. The highest BCUT2D eigenvalue weighted by atomic mass is 31.2. The molecule has 0 bridgehead atoms. The molecule has 0 aliphatic carbocycles. The Labute approximate surface area is 139 Å². The van der Waals surface area contributed by atoms with Crippen LogP contribution in [0.5, 0.6) is 5.75 Å². The Kier molecular flexibility index (Phi) is 10.0. The Bertz CT molecular complexity index is 458. The molecule has 0 radical (unpaired) electrons. The van der Waals surface area contributed by atoms with Crippen molar-refractivity contribution in [1.29, 1.82) is 0 Å². The number of hydrogen-bond acceptors (Lipinski definition) is 3. The van der Waals surface area contributed by atoms with Crippen LogP contribution in [0.3, 0.4) is 0 Å². The van der Waals surface area contributed by atoms with Gasteiger partial charge in [-0.2, -0.15) is 0 Å². The molecule has 0 saturated heterocycles.